The zero-order chi connectivity index (χ0) is 16.4. The quantitative estimate of drug-likeness (QED) is 0.858. The van der Waals surface area contributed by atoms with Gasteiger partial charge in [0, 0.05) is 26.7 Å². The van der Waals surface area contributed by atoms with Gasteiger partial charge in [0.1, 0.15) is 6.54 Å². The first kappa shape index (κ1) is 15.8. The van der Waals surface area contributed by atoms with Gasteiger partial charge in [0.25, 0.3) is 0 Å². The fourth-order valence-corrected chi connectivity index (χ4v) is 3.31. The second-order valence-corrected chi connectivity index (χ2v) is 5.92. The first-order valence-corrected chi connectivity index (χ1v) is 8.14. The molecule has 0 aliphatic carbocycles. The van der Waals surface area contributed by atoms with Gasteiger partial charge in [-0.05, 0) is 31.9 Å². The minimum absolute atomic E-state index is 0.000610. The van der Waals surface area contributed by atoms with Gasteiger partial charge < -0.3 is 9.64 Å². The summed E-state index contributed by atoms with van der Waals surface area (Å²) < 4.78 is 8.63. The third-order valence-electron chi connectivity index (χ3n) is 4.66. The van der Waals surface area contributed by atoms with Crippen molar-refractivity contribution in [3.8, 4) is 0 Å². The summed E-state index contributed by atoms with van der Waals surface area (Å²) in [5.41, 5.74) is 1.58. The number of benzene rings is 1. The van der Waals surface area contributed by atoms with Crippen molar-refractivity contribution in [2.24, 2.45) is 0 Å². The number of likely N-dealkylation sites (tertiary alicyclic amines) is 1. The van der Waals surface area contributed by atoms with Crippen molar-refractivity contribution in [1.82, 2.24) is 14.0 Å². The largest absolute Gasteiger partial charge is 0.381 e. The van der Waals surface area contributed by atoms with E-state index in [-0.39, 0.29) is 24.2 Å². The highest BCUT2D eigenvalue weighted by Crippen LogP contribution is 2.15. The number of piperidine rings is 1. The van der Waals surface area contributed by atoms with Crippen molar-refractivity contribution in [1.29, 1.82) is 0 Å². The molecule has 1 aromatic carbocycles. The van der Waals surface area contributed by atoms with E-state index in [0.717, 1.165) is 23.9 Å². The van der Waals surface area contributed by atoms with Crippen LogP contribution in [0.5, 0.6) is 0 Å². The third kappa shape index (κ3) is 2.91. The van der Waals surface area contributed by atoms with E-state index in [1.807, 2.05) is 36.1 Å². The molecule has 0 radical (unpaired) electrons. The monoisotopic (exact) mass is 317 g/mol. The summed E-state index contributed by atoms with van der Waals surface area (Å²) in [7, 11) is 1.71. The average Bonchev–Trinajstić information content (AvgIpc) is 2.86. The highest BCUT2D eigenvalue weighted by Gasteiger charge is 2.24. The van der Waals surface area contributed by atoms with E-state index in [4.69, 9.17) is 4.74 Å². The average molecular weight is 317 g/mol. The standard InChI is InChI=1S/C17H23N3O3/c1-3-19-14-6-4-5-7-15(14)20(17(19)22)12-16(21)18-10-8-13(23-2)9-11-18/h4-7,13H,3,8-12H2,1-2H3. The van der Waals surface area contributed by atoms with Gasteiger partial charge in [-0.3, -0.25) is 13.9 Å². The lowest BCUT2D eigenvalue weighted by molar-refractivity contribution is -0.134. The van der Waals surface area contributed by atoms with E-state index in [1.54, 1.807) is 16.2 Å². The van der Waals surface area contributed by atoms with Crippen LogP contribution >= 0.6 is 0 Å². The topological polar surface area (TPSA) is 56.5 Å². The molecular formula is C17H23N3O3. The number of ether oxygens (including phenoxy) is 1. The number of aryl methyl sites for hydroxylation is 1. The summed E-state index contributed by atoms with van der Waals surface area (Å²) in [6.45, 7) is 4.02. The predicted molar refractivity (Wildman–Crippen MR) is 88.5 cm³/mol. The van der Waals surface area contributed by atoms with Gasteiger partial charge in [-0.15, -0.1) is 0 Å². The number of carbonyl (C=O) groups is 1. The summed E-state index contributed by atoms with van der Waals surface area (Å²) >= 11 is 0. The normalized spacial score (nSPS) is 16.2. The number of para-hydroxylation sites is 2. The Morgan fingerprint density at radius 1 is 1.17 bits per heavy atom. The predicted octanol–water partition coefficient (Wildman–Crippen LogP) is 1.46. The Labute approximate surface area is 135 Å². The number of imidazole rings is 1. The van der Waals surface area contributed by atoms with Crippen LogP contribution < -0.4 is 5.69 Å². The molecule has 0 atom stereocenters. The molecule has 23 heavy (non-hydrogen) atoms. The molecule has 1 aromatic heterocycles. The Morgan fingerprint density at radius 3 is 2.35 bits per heavy atom. The lowest BCUT2D eigenvalue weighted by atomic mass is 10.1. The summed E-state index contributed by atoms with van der Waals surface area (Å²) in [6, 6.07) is 7.63. The number of carbonyl (C=O) groups excluding carboxylic acids is 1. The lowest BCUT2D eigenvalue weighted by Crippen LogP contribution is -2.43. The van der Waals surface area contributed by atoms with E-state index in [2.05, 4.69) is 0 Å². The van der Waals surface area contributed by atoms with Crippen LogP contribution in [0.3, 0.4) is 0 Å². The van der Waals surface area contributed by atoms with E-state index in [0.29, 0.717) is 19.6 Å². The number of nitrogens with zero attached hydrogens (tertiary/aromatic N) is 3. The van der Waals surface area contributed by atoms with Crippen molar-refractivity contribution in [2.45, 2.75) is 39.0 Å². The van der Waals surface area contributed by atoms with Crippen molar-refractivity contribution < 1.29 is 9.53 Å². The molecular weight excluding hydrogens is 294 g/mol. The molecule has 1 saturated heterocycles. The maximum Gasteiger partial charge on any atom is 0.329 e. The van der Waals surface area contributed by atoms with Crippen LogP contribution in [-0.4, -0.2) is 46.2 Å². The molecule has 1 aliphatic heterocycles. The zero-order valence-electron chi connectivity index (χ0n) is 13.7. The zero-order valence-corrected chi connectivity index (χ0v) is 13.7. The van der Waals surface area contributed by atoms with Gasteiger partial charge in [0.05, 0.1) is 17.1 Å². The molecule has 3 rings (SSSR count). The van der Waals surface area contributed by atoms with Crippen LogP contribution in [0.15, 0.2) is 29.1 Å². The first-order valence-electron chi connectivity index (χ1n) is 8.14. The summed E-state index contributed by atoms with van der Waals surface area (Å²) in [5.74, 6) is 0.000610. The van der Waals surface area contributed by atoms with Crippen LogP contribution in [0.2, 0.25) is 0 Å². The van der Waals surface area contributed by atoms with Crippen molar-refractivity contribution >= 4 is 16.9 Å². The summed E-state index contributed by atoms with van der Waals surface area (Å²) in [4.78, 5) is 27.0. The van der Waals surface area contributed by atoms with Gasteiger partial charge in [0.15, 0.2) is 0 Å². The van der Waals surface area contributed by atoms with Crippen LogP contribution in [0.25, 0.3) is 11.0 Å². The highest BCUT2D eigenvalue weighted by atomic mass is 16.5. The number of hydrogen-bond donors (Lipinski definition) is 0. The van der Waals surface area contributed by atoms with Crippen LogP contribution in [0, 0.1) is 0 Å². The smallest absolute Gasteiger partial charge is 0.329 e. The minimum Gasteiger partial charge on any atom is -0.381 e. The number of amides is 1. The fraction of sp³-hybridized carbons (Fsp3) is 0.529. The van der Waals surface area contributed by atoms with Gasteiger partial charge >= 0.3 is 5.69 Å². The second kappa shape index (κ2) is 6.58. The van der Waals surface area contributed by atoms with Crippen molar-refractivity contribution in [3.63, 3.8) is 0 Å². The SMILES string of the molecule is CCn1c(=O)n(CC(=O)N2CCC(OC)CC2)c2ccccc21. The molecule has 0 unspecified atom stereocenters. The number of rotatable bonds is 4. The molecule has 1 fully saturated rings. The van der Waals surface area contributed by atoms with E-state index < -0.39 is 0 Å². The molecule has 1 aliphatic rings. The Bertz CT molecular complexity index is 754. The molecule has 6 nitrogen and oxygen atoms in total. The second-order valence-electron chi connectivity index (χ2n) is 5.92. The molecule has 124 valence electrons. The Balaban J connectivity index is 1.83. The number of hydrogen-bond acceptors (Lipinski definition) is 3. The van der Waals surface area contributed by atoms with Gasteiger partial charge in [-0.25, -0.2) is 4.79 Å². The van der Waals surface area contributed by atoms with Gasteiger partial charge in [-0.1, -0.05) is 12.1 Å². The molecule has 2 heterocycles. The molecule has 6 heteroatoms. The molecule has 0 bridgehead atoms. The summed E-state index contributed by atoms with van der Waals surface area (Å²) in [6.07, 6.45) is 1.95. The Morgan fingerprint density at radius 2 is 1.78 bits per heavy atom. The van der Waals surface area contributed by atoms with Gasteiger partial charge in [0.2, 0.25) is 5.91 Å². The molecule has 0 N–H and O–H groups in total. The lowest BCUT2D eigenvalue weighted by Gasteiger charge is -2.31. The van der Waals surface area contributed by atoms with E-state index in [1.165, 1.54) is 0 Å². The highest BCUT2D eigenvalue weighted by molar-refractivity contribution is 5.81. The van der Waals surface area contributed by atoms with Crippen molar-refractivity contribution in [2.75, 3.05) is 20.2 Å². The van der Waals surface area contributed by atoms with Crippen LogP contribution in [0.1, 0.15) is 19.8 Å². The molecule has 1 amide bonds. The number of aromatic nitrogens is 2. The third-order valence-corrected chi connectivity index (χ3v) is 4.66. The maximum absolute atomic E-state index is 12.6. The van der Waals surface area contributed by atoms with E-state index in [9.17, 15) is 9.59 Å². The number of fused-ring (bicyclic) bond motifs is 1. The first-order chi connectivity index (χ1) is 11.2. The Kier molecular flexibility index (Phi) is 4.52. The Hall–Kier alpha value is -2.08. The molecule has 0 saturated carbocycles. The van der Waals surface area contributed by atoms with Gasteiger partial charge in [-0.2, -0.15) is 0 Å². The van der Waals surface area contributed by atoms with E-state index >= 15 is 0 Å². The minimum atomic E-state index is -0.117. The maximum atomic E-state index is 12.6. The molecule has 0 spiro atoms. The molecule has 2 aromatic rings. The van der Waals surface area contributed by atoms with Crippen molar-refractivity contribution in [3.05, 3.63) is 34.7 Å². The van der Waals surface area contributed by atoms with Crippen LogP contribution in [0.4, 0.5) is 0 Å². The number of methoxy groups -OCH3 is 1. The fourth-order valence-electron chi connectivity index (χ4n) is 3.31. The van der Waals surface area contributed by atoms with Crippen LogP contribution in [-0.2, 0) is 22.6 Å². The summed E-state index contributed by atoms with van der Waals surface area (Å²) in [5, 5.41) is 0.